The second-order valence-electron chi connectivity index (χ2n) is 5.04. The summed E-state index contributed by atoms with van der Waals surface area (Å²) in [4.78, 5) is 18.9. The van der Waals surface area contributed by atoms with E-state index in [-0.39, 0.29) is 24.0 Å². The highest BCUT2D eigenvalue weighted by atomic mass is 127. The Hall–Kier alpha value is -0.940. The third-order valence-corrected chi connectivity index (χ3v) is 5.58. The lowest BCUT2D eigenvalue weighted by atomic mass is 10.3. The lowest BCUT2D eigenvalue weighted by Gasteiger charge is -2.35. The van der Waals surface area contributed by atoms with Crippen molar-refractivity contribution in [3.8, 4) is 0 Å². The van der Waals surface area contributed by atoms with Gasteiger partial charge in [-0.05, 0) is 6.42 Å². The van der Waals surface area contributed by atoms with Crippen LogP contribution in [-0.4, -0.2) is 47.0 Å². The van der Waals surface area contributed by atoms with Gasteiger partial charge < -0.3 is 15.5 Å². The molecule has 126 valence electrons. The fourth-order valence-corrected chi connectivity index (χ4v) is 3.82. The molecule has 2 aromatic rings. The van der Waals surface area contributed by atoms with Gasteiger partial charge in [0.05, 0.1) is 6.54 Å². The van der Waals surface area contributed by atoms with E-state index < -0.39 is 0 Å². The Morgan fingerprint density at radius 3 is 2.70 bits per heavy atom. The van der Waals surface area contributed by atoms with E-state index in [2.05, 4.69) is 31.7 Å². The van der Waals surface area contributed by atoms with Crippen LogP contribution in [0.4, 0.5) is 5.13 Å². The maximum absolute atomic E-state index is 6.12. The van der Waals surface area contributed by atoms with E-state index in [0.717, 1.165) is 42.7 Å². The number of thiazole rings is 2. The average Bonchev–Trinajstić information content (AvgIpc) is 3.24. The predicted octanol–water partition coefficient (Wildman–Crippen LogP) is 2.42. The number of hydrogen-bond donors (Lipinski definition) is 1. The van der Waals surface area contributed by atoms with E-state index in [1.807, 2.05) is 17.8 Å². The molecule has 0 amide bonds. The number of anilines is 1. The van der Waals surface area contributed by atoms with E-state index in [4.69, 9.17) is 5.73 Å². The molecule has 0 aromatic carbocycles. The van der Waals surface area contributed by atoms with Crippen LogP contribution in [0.3, 0.4) is 0 Å². The van der Waals surface area contributed by atoms with Crippen LogP contribution >= 0.6 is 46.7 Å². The van der Waals surface area contributed by atoms with Crippen LogP contribution in [0.25, 0.3) is 0 Å². The minimum absolute atomic E-state index is 0. The summed E-state index contributed by atoms with van der Waals surface area (Å²) in [6, 6.07) is 0. The van der Waals surface area contributed by atoms with Gasteiger partial charge in [-0.15, -0.1) is 46.7 Å². The van der Waals surface area contributed by atoms with Crippen molar-refractivity contribution in [2.24, 2.45) is 10.7 Å². The first-order valence-corrected chi connectivity index (χ1v) is 9.08. The van der Waals surface area contributed by atoms with E-state index >= 15 is 0 Å². The van der Waals surface area contributed by atoms with Crippen molar-refractivity contribution in [2.45, 2.75) is 19.9 Å². The molecule has 2 aromatic heterocycles. The van der Waals surface area contributed by atoms with Gasteiger partial charge in [-0.2, -0.15) is 0 Å². The van der Waals surface area contributed by atoms with Gasteiger partial charge in [0.2, 0.25) is 0 Å². The summed E-state index contributed by atoms with van der Waals surface area (Å²) in [7, 11) is 0. The van der Waals surface area contributed by atoms with Gasteiger partial charge in [0.15, 0.2) is 11.1 Å². The van der Waals surface area contributed by atoms with Crippen LogP contribution in [0.5, 0.6) is 0 Å². The Labute approximate surface area is 161 Å². The highest BCUT2D eigenvalue weighted by Crippen LogP contribution is 2.19. The summed E-state index contributed by atoms with van der Waals surface area (Å²) in [5.74, 6) is 0.618. The molecule has 0 bridgehead atoms. The number of hydrogen-bond acceptors (Lipinski definition) is 6. The topological polar surface area (TPSA) is 70.6 Å². The van der Waals surface area contributed by atoms with Gasteiger partial charge in [-0.3, -0.25) is 0 Å². The van der Waals surface area contributed by atoms with Crippen molar-refractivity contribution >= 4 is 57.7 Å². The summed E-state index contributed by atoms with van der Waals surface area (Å²) < 4.78 is 0. The second-order valence-corrected chi connectivity index (χ2v) is 7.11. The van der Waals surface area contributed by atoms with Gasteiger partial charge in [0.1, 0.15) is 5.01 Å². The highest BCUT2D eigenvalue weighted by molar-refractivity contribution is 14.0. The molecule has 1 saturated heterocycles. The number of rotatable bonds is 4. The van der Waals surface area contributed by atoms with Gasteiger partial charge in [-0.1, -0.05) is 6.92 Å². The van der Waals surface area contributed by atoms with Crippen molar-refractivity contribution < 1.29 is 0 Å². The number of aromatic nitrogens is 2. The fourth-order valence-electron chi connectivity index (χ4n) is 2.33. The highest BCUT2D eigenvalue weighted by Gasteiger charge is 2.19. The Bertz CT molecular complexity index is 619. The molecule has 2 N–H and O–H groups in total. The van der Waals surface area contributed by atoms with Crippen molar-refractivity contribution in [1.82, 2.24) is 14.9 Å². The number of piperazine rings is 1. The van der Waals surface area contributed by atoms with E-state index in [1.54, 1.807) is 22.7 Å². The number of halogens is 1. The minimum atomic E-state index is 0. The zero-order chi connectivity index (χ0) is 15.4. The standard InChI is InChI=1S/C14H20N6S2.HI/c1-2-11-9-17-12(22-11)10-18-13(15)19-4-6-20(7-5-19)14-16-3-8-21-14;/h3,8-9H,2,4-7,10H2,1H3,(H2,15,18);1H. The van der Waals surface area contributed by atoms with Crippen LogP contribution < -0.4 is 10.6 Å². The third-order valence-electron chi connectivity index (χ3n) is 3.62. The van der Waals surface area contributed by atoms with E-state index in [0.29, 0.717) is 12.5 Å². The zero-order valence-corrected chi connectivity index (χ0v) is 17.0. The molecule has 0 aliphatic carbocycles. The van der Waals surface area contributed by atoms with Crippen LogP contribution in [-0.2, 0) is 13.0 Å². The van der Waals surface area contributed by atoms with Crippen LogP contribution in [0.15, 0.2) is 22.8 Å². The minimum Gasteiger partial charge on any atom is -0.370 e. The zero-order valence-electron chi connectivity index (χ0n) is 13.0. The van der Waals surface area contributed by atoms with Gasteiger partial charge in [0, 0.05) is 48.8 Å². The lowest BCUT2D eigenvalue weighted by molar-refractivity contribution is 0.380. The largest absolute Gasteiger partial charge is 0.370 e. The molecule has 6 nitrogen and oxygen atoms in total. The molecular formula is C14H21IN6S2. The molecule has 0 unspecified atom stereocenters. The number of guanidine groups is 1. The van der Waals surface area contributed by atoms with Crippen LogP contribution in [0, 0.1) is 0 Å². The SMILES string of the molecule is CCc1cnc(CN=C(N)N2CCN(c3nccs3)CC2)s1.I. The van der Waals surface area contributed by atoms with Gasteiger partial charge in [-0.25, -0.2) is 15.0 Å². The maximum atomic E-state index is 6.12. The number of nitrogens with two attached hydrogens (primary N) is 1. The Kier molecular flexibility index (Phi) is 7.03. The first-order chi connectivity index (χ1) is 10.8. The molecule has 0 saturated carbocycles. The van der Waals surface area contributed by atoms with Crippen molar-refractivity contribution in [3.63, 3.8) is 0 Å². The van der Waals surface area contributed by atoms with E-state index in [1.165, 1.54) is 4.88 Å². The summed E-state index contributed by atoms with van der Waals surface area (Å²) >= 11 is 3.39. The molecule has 3 heterocycles. The lowest BCUT2D eigenvalue weighted by Crippen LogP contribution is -2.51. The van der Waals surface area contributed by atoms with Crippen molar-refractivity contribution in [2.75, 3.05) is 31.1 Å². The molecule has 1 aliphatic rings. The summed E-state index contributed by atoms with van der Waals surface area (Å²) in [5.41, 5.74) is 6.12. The fraction of sp³-hybridized carbons (Fsp3) is 0.500. The van der Waals surface area contributed by atoms with Gasteiger partial charge >= 0.3 is 0 Å². The average molecular weight is 464 g/mol. The molecule has 0 radical (unpaired) electrons. The smallest absolute Gasteiger partial charge is 0.191 e. The Morgan fingerprint density at radius 1 is 1.30 bits per heavy atom. The van der Waals surface area contributed by atoms with Crippen molar-refractivity contribution in [3.05, 3.63) is 27.7 Å². The quantitative estimate of drug-likeness (QED) is 0.428. The maximum Gasteiger partial charge on any atom is 0.191 e. The molecule has 1 fully saturated rings. The normalized spacial score (nSPS) is 15.6. The Balaban J connectivity index is 0.00000192. The number of aryl methyl sites for hydroxylation is 1. The summed E-state index contributed by atoms with van der Waals surface area (Å²) in [6.45, 7) is 6.34. The molecule has 3 rings (SSSR count). The third kappa shape index (κ3) is 4.77. The van der Waals surface area contributed by atoms with Crippen molar-refractivity contribution in [1.29, 1.82) is 0 Å². The number of nitrogens with zero attached hydrogens (tertiary/aromatic N) is 5. The molecular weight excluding hydrogens is 443 g/mol. The molecule has 9 heteroatoms. The Morgan fingerprint density at radius 2 is 2.09 bits per heavy atom. The molecule has 0 spiro atoms. The molecule has 23 heavy (non-hydrogen) atoms. The first-order valence-electron chi connectivity index (χ1n) is 7.39. The van der Waals surface area contributed by atoms with Crippen LogP contribution in [0.1, 0.15) is 16.8 Å². The second kappa shape index (κ2) is 8.78. The monoisotopic (exact) mass is 464 g/mol. The molecule has 0 atom stereocenters. The summed E-state index contributed by atoms with van der Waals surface area (Å²) in [5, 5.41) is 4.13. The van der Waals surface area contributed by atoms with E-state index in [9.17, 15) is 0 Å². The first kappa shape index (κ1) is 18.4. The summed E-state index contributed by atoms with van der Waals surface area (Å²) in [6.07, 6.45) is 4.80. The van der Waals surface area contributed by atoms with Gasteiger partial charge in [0.25, 0.3) is 0 Å². The number of aliphatic imine (C=N–C) groups is 1. The predicted molar refractivity (Wildman–Crippen MR) is 108 cm³/mol. The van der Waals surface area contributed by atoms with Crippen LogP contribution in [0.2, 0.25) is 0 Å². The molecule has 1 aliphatic heterocycles.